The summed E-state index contributed by atoms with van der Waals surface area (Å²) in [7, 11) is 0. The highest BCUT2D eigenvalue weighted by Gasteiger charge is 2.31. The molecule has 4 nitrogen and oxygen atoms in total. The lowest BCUT2D eigenvalue weighted by Gasteiger charge is -2.23. The van der Waals surface area contributed by atoms with Crippen molar-refractivity contribution in [2.45, 2.75) is 32.2 Å². The molecule has 1 unspecified atom stereocenters. The Labute approximate surface area is 136 Å². The van der Waals surface area contributed by atoms with Crippen LogP contribution in [0.25, 0.3) is 0 Å². The van der Waals surface area contributed by atoms with Crippen molar-refractivity contribution < 1.29 is 14.7 Å². The minimum atomic E-state index is -0.818. The molecule has 1 N–H and O–H groups in total. The van der Waals surface area contributed by atoms with Gasteiger partial charge in [0.2, 0.25) is 5.78 Å². The van der Waals surface area contributed by atoms with Gasteiger partial charge >= 0.3 is 5.97 Å². The van der Waals surface area contributed by atoms with Gasteiger partial charge in [-0.15, -0.1) is 0 Å². The smallest absolute Gasteiger partial charge is 0.312 e. The van der Waals surface area contributed by atoms with E-state index in [4.69, 9.17) is 0 Å². The summed E-state index contributed by atoms with van der Waals surface area (Å²) >= 11 is 3.36. The zero-order valence-corrected chi connectivity index (χ0v) is 13.8. The van der Waals surface area contributed by atoms with Crippen LogP contribution in [0, 0.1) is 6.92 Å². The summed E-state index contributed by atoms with van der Waals surface area (Å²) in [4.78, 5) is 24.2. The maximum absolute atomic E-state index is 12.8. The molecule has 5 heteroatoms. The van der Waals surface area contributed by atoms with Gasteiger partial charge < -0.3 is 9.67 Å². The topological polar surface area (TPSA) is 59.3 Å². The second-order valence-electron chi connectivity index (χ2n) is 5.62. The molecule has 1 atom stereocenters. The number of aliphatic carboxylic acids is 1. The molecule has 2 heterocycles. The van der Waals surface area contributed by atoms with Crippen LogP contribution in [-0.2, 0) is 11.3 Å². The van der Waals surface area contributed by atoms with Crippen LogP contribution in [0.1, 0.15) is 46.1 Å². The summed E-state index contributed by atoms with van der Waals surface area (Å²) in [5, 5.41) is 9.37. The fourth-order valence-corrected chi connectivity index (χ4v) is 3.40. The number of hydrogen-bond acceptors (Lipinski definition) is 2. The zero-order valence-electron chi connectivity index (χ0n) is 12.2. The number of benzene rings is 1. The number of carbonyl (C=O) groups is 2. The van der Waals surface area contributed by atoms with E-state index in [0.29, 0.717) is 24.2 Å². The monoisotopic (exact) mass is 361 g/mol. The quantitative estimate of drug-likeness (QED) is 0.846. The summed E-state index contributed by atoms with van der Waals surface area (Å²) in [5.41, 5.74) is 2.82. The molecule has 114 valence electrons. The summed E-state index contributed by atoms with van der Waals surface area (Å²) in [6.07, 6.45) is 1.41. The molecule has 3 rings (SSSR count). The van der Waals surface area contributed by atoms with E-state index < -0.39 is 11.9 Å². The van der Waals surface area contributed by atoms with E-state index in [1.807, 2.05) is 29.7 Å². The first kappa shape index (κ1) is 15.0. The average molecular weight is 362 g/mol. The van der Waals surface area contributed by atoms with Crippen molar-refractivity contribution in [1.29, 1.82) is 0 Å². The molecule has 1 aromatic heterocycles. The Kier molecular flexibility index (Phi) is 3.91. The first-order valence-corrected chi connectivity index (χ1v) is 8.01. The summed E-state index contributed by atoms with van der Waals surface area (Å²) in [6.45, 7) is 2.57. The first-order chi connectivity index (χ1) is 10.5. The Morgan fingerprint density at radius 3 is 2.59 bits per heavy atom. The molecule has 0 fully saturated rings. The Morgan fingerprint density at radius 1 is 1.27 bits per heavy atom. The maximum Gasteiger partial charge on any atom is 0.312 e. The highest BCUT2D eigenvalue weighted by molar-refractivity contribution is 9.10. The van der Waals surface area contributed by atoms with Gasteiger partial charge in [0.05, 0.1) is 11.6 Å². The van der Waals surface area contributed by atoms with Crippen LogP contribution in [-0.4, -0.2) is 21.4 Å². The van der Waals surface area contributed by atoms with Gasteiger partial charge in [-0.25, -0.2) is 0 Å². The summed E-state index contributed by atoms with van der Waals surface area (Å²) in [6, 6.07) is 9.09. The number of aryl methyl sites for hydroxylation is 1. The number of carbonyl (C=O) groups excluding carboxylic acids is 1. The van der Waals surface area contributed by atoms with Crippen molar-refractivity contribution in [2.24, 2.45) is 0 Å². The van der Waals surface area contributed by atoms with E-state index in [2.05, 4.69) is 15.9 Å². The summed E-state index contributed by atoms with van der Waals surface area (Å²) in [5.74, 6) is -1.39. The van der Waals surface area contributed by atoms with Crippen molar-refractivity contribution in [3.63, 3.8) is 0 Å². The fourth-order valence-electron chi connectivity index (χ4n) is 3.13. The van der Waals surface area contributed by atoms with Gasteiger partial charge in [0.15, 0.2) is 0 Å². The molecule has 0 amide bonds. The third-order valence-electron chi connectivity index (χ3n) is 4.17. The van der Waals surface area contributed by atoms with Gasteiger partial charge in [-0.05, 0) is 55.7 Å². The van der Waals surface area contributed by atoms with E-state index >= 15 is 0 Å². The molecule has 1 aromatic carbocycles. The molecule has 0 aliphatic carbocycles. The van der Waals surface area contributed by atoms with Crippen LogP contribution in [0.4, 0.5) is 0 Å². The van der Waals surface area contributed by atoms with Gasteiger partial charge in [0, 0.05) is 22.3 Å². The van der Waals surface area contributed by atoms with Gasteiger partial charge in [-0.3, -0.25) is 9.59 Å². The SMILES string of the molecule is Cc1cc2n(c1C(=O)c1ccc(Br)cc1)CCCC2C(=O)O. The maximum atomic E-state index is 12.8. The van der Waals surface area contributed by atoms with E-state index in [-0.39, 0.29) is 5.78 Å². The van der Waals surface area contributed by atoms with Crippen molar-refractivity contribution in [3.05, 3.63) is 57.3 Å². The molecule has 2 aromatic rings. The van der Waals surface area contributed by atoms with Crippen LogP contribution in [0.15, 0.2) is 34.8 Å². The summed E-state index contributed by atoms with van der Waals surface area (Å²) < 4.78 is 2.81. The number of fused-ring (bicyclic) bond motifs is 1. The highest BCUT2D eigenvalue weighted by Crippen LogP contribution is 2.32. The van der Waals surface area contributed by atoms with Crippen molar-refractivity contribution in [2.75, 3.05) is 0 Å². The van der Waals surface area contributed by atoms with Crippen molar-refractivity contribution in [3.8, 4) is 0 Å². The fraction of sp³-hybridized carbons (Fsp3) is 0.294. The van der Waals surface area contributed by atoms with Crippen LogP contribution >= 0.6 is 15.9 Å². The molecule has 0 spiro atoms. The second kappa shape index (κ2) is 5.72. The molecule has 0 radical (unpaired) electrons. The number of ketones is 1. The average Bonchev–Trinajstić information content (AvgIpc) is 2.82. The molecule has 22 heavy (non-hydrogen) atoms. The number of carboxylic acids is 1. The van der Waals surface area contributed by atoms with Crippen molar-refractivity contribution >= 4 is 27.7 Å². The molecule has 1 aliphatic rings. The van der Waals surface area contributed by atoms with E-state index in [0.717, 1.165) is 22.2 Å². The molecular weight excluding hydrogens is 346 g/mol. The molecule has 0 bridgehead atoms. The third kappa shape index (κ3) is 2.50. The standard InChI is InChI=1S/C17H16BrNO3/c1-10-9-14-13(17(21)22)3-2-8-19(14)15(10)16(20)11-4-6-12(18)7-5-11/h4-7,9,13H,2-3,8H2,1H3,(H,21,22). The Bertz CT molecular complexity index is 746. The van der Waals surface area contributed by atoms with Crippen LogP contribution < -0.4 is 0 Å². The van der Waals surface area contributed by atoms with E-state index in [1.165, 1.54) is 0 Å². The normalized spacial score (nSPS) is 17.1. The predicted octanol–water partition coefficient (Wildman–Crippen LogP) is 3.75. The number of halogens is 1. The largest absolute Gasteiger partial charge is 0.481 e. The van der Waals surface area contributed by atoms with Crippen LogP contribution in [0.3, 0.4) is 0 Å². The third-order valence-corrected chi connectivity index (χ3v) is 4.70. The number of aromatic nitrogens is 1. The molecule has 0 saturated carbocycles. The highest BCUT2D eigenvalue weighted by atomic mass is 79.9. The lowest BCUT2D eigenvalue weighted by molar-refractivity contribution is -0.139. The number of carboxylic acid groups (broad SMARTS) is 1. The van der Waals surface area contributed by atoms with Crippen molar-refractivity contribution in [1.82, 2.24) is 4.57 Å². The van der Waals surface area contributed by atoms with Gasteiger partial charge in [-0.1, -0.05) is 15.9 Å². The minimum Gasteiger partial charge on any atom is -0.481 e. The zero-order chi connectivity index (χ0) is 15.9. The molecular formula is C17H16BrNO3. The predicted molar refractivity (Wildman–Crippen MR) is 86.4 cm³/mol. The number of nitrogens with zero attached hydrogens (tertiary/aromatic N) is 1. The number of rotatable bonds is 3. The van der Waals surface area contributed by atoms with Crippen LogP contribution in [0.5, 0.6) is 0 Å². The first-order valence-electron chi connectivity index (χ1n) is 7.22. The second-order valence-corrected chi connectivity index (χ2v) is 6.54. The number of hydrogen-bond donors (Lipinski definition) is 1. The van der Waals surface area contributed by atoms with Gasteiger partial charge in [0.1, 0.15) is 0 Å². The lowest BCUT2D eigenvalue weighted by atomic mass is 9.96. The Hall–Kier alpha value is -1.88. The Morgan fingerprint density at radius 2 is 1.95 bits per heavy atom. The molecule has 0 saturated heterocycles. The molecule has 1 aliphatic heterocycles. The van der Waals surface area contributed by atoms with E-state index in [9.17, 15) is 14.7 Å². The van der Waals surface area contributed by atoms with E-state index in [1.54, 1.807) is 12.1 Å². The minimum absolute atomic E-state index is 0.0534. The lowest BCUT2D eigenvalue weighted by Crippen LogP contribution is -2.24. The van der Waals surface area contributed by atoms with Gasteiger partial charge in [-0.2, -0.15) is 0 Å². The van der Waals surface area contributed by atoms with Gasteiger partial charge in [0.25, 0.3) is 0 Å². The van der Waals surface area contributed by atoms with Crippen LogP contribution in [0.2, 0.25) is 0 Å². The Balaban J connectivity index is 2.07.